The van der Waals surface area contributed by atoms with Crippen molar-refractivity contribution in [3.8, 4) is 6.07 Å². The Balaban J connectivity index is 0.00000300. The maximum atomic E-state index is 11.4. The van der Waals surface area contributed by atoms with Crippen LogP contribution in [-0.2, 0) is 11.2 Å². The summed E-state index contributed by atoms with van der Waals surface area (Å²) < 4.78 is 0. The molecule has 1 amide bonds. The number of amides is 1. The Hall–Kier alpha value is -2.85. The van der Waals surface area contributed by atoms with Gasteiger partial charge in [-0.05, 0) is 37.5 Å². The van der Waals surface area contributed by atoms with Crippen LogP contribution in [0.2, 0.25) is 0 Å². The number of nitriles is 1. The van der Waals surface area contributed by atoms with E-state index in [9.17, 15) is 4.79 Å². The van der Waals surface area contributed by atoms with Gasteiger partial charge in [-0.15, -0.1) is 12.4 Å². The molecule has 1 unspecified atom stereocenters. The van der Waals surface area contributed by atoms with Crippen molar-refractivity contribution in [3.05, 3.63) is 41.6 Å². The van der Waals surface area contributed by atoms with E-state index in [1.165, 1.54) is 0 Å². The number of anilines is 3. The van der Waals surface area contributed by atoms with Gasteiger partial charge >= 0.3 is 0 Å². The van der Waals surface area contributed by atoms with Crippen LogP contribution in [0.5, 0.6) is 0 Å². The van der Waals surface area contributed by atoms with Gasteiger partial charge in [-0.3, -0.25) is 4.79 Å². The van der Waals surface area contributed by atoms with Crippen LogP contribution in [0.1, 0.15) is 44.4 Å². The second kappa shape index (κ2) is 10.6. The molecule has 2 heterocycles. The Morgan fingerprint density at radius 2 is 2.17 bits per heavy atom. The highest BCUT2D eigenvalue weighted by Gasteiger charge is 2.22. The zero-order valence-corrected chi connectivity index (χ0v) is 17.6. The van der Waals surface area contributed by atoms with E-state index in [-0.39, 0.29) is 24.4 Å². The molecular formula is C21H27ClN6O. The molecule has 0 aliphatic carbocycles. The average Bonchev–Trinajstić information content (AvgIpc) is 2.68. The predicted octanol–water partition coefficient (Wildman–Crippen LogP) is 3.57. The number of rotatable bonds is 6. The van der Waals surface area contributed by atoms with E-state index in [0.29, 0.717) is 11.5 Å². The minimum absolute atomic E-state index is 0. The van der Waals surface area contributed by atoms with Crippen LogP contribution >= 0.6 is 12.4 Å². The number of nitrogens with zero attached hydrogens (tertiary/aromatic N) is 4. The van der Waals surface area contributed by atoms with E-state index in [1.807, 2.05) is 18.2 Å². The van der Waals surface area contributed by atoms with Gasteiger partial charge in [0.05, 0.1) is 11.6 Å². The van der Waals surface area contributed by atoms with E-state index < -0.39 is 0 Å². The number of aromatic nitrogens is 2. The summed E-state index contributed by atoms with van der Waals surface area (Å²) in [6.45, 7) is 5.33. The number of benzene rings is 1. The Labute approximate surface area is 178 Å². The second-order valence-corrected chi connectivity index (χ2v) is 7.09. The number of carbonyl (C=O) groups is 1. The normalized spacial score (nSPS) is 15.8. The molecule has 29 heavy (non-hydrogen) atoms. The minimum Gasteiger partial charge on any atom is -0.354 e. The molecule has 1 aliphatic heterocycles. The summed E-state index contributed by atoms with van der Waals surface area (Å²) >= 11 is 0. The standard InChI is InChI=1S/C21H26N6O.ClH/c1-3-6-17-12-20(27-10-5-9-19(14-27)23-15(2)28)26-21(24-17)25-18-8-4-7-16(11-18)13-22;/h4,7-8,11-12,19H,3,5-6,9-10,14H2,1-2H3,(H,23,28)(H,24,25,26);1H. The lowest BCUT2D eigenvalue weighted by atomic mass is 10.1. The minimum atomic E-state index is 0. The SMILES string of the molecule is CCCc1cc(N2CCCC(NC(C)=O)C2)nc(Nc2cccc(C#N)c2)n1.Cl. The van der Waals surface area contributed by atoms with Crippen LogP contribution in [0.4, 0.5) is 17.5 Å². The largest absolute Gasteiger partial charge is 0.354 e. The highest BCUT2D eigenvalue weighted by molar-refractivity contribution is 5.85. The van der Waals surface area contributed by atoms with Gasteiger partial charge in [0.1, 0.15) is 5.82 Å². The van der Waals surface area contributed by atoms with Gasteiger partial charge in [-0.2, -0.15) is 10.2 Å². The topological polar surface area (TPSA) is 93.9 Å². The van der Waals surface area contributed by atoms with Crippen molar-refractivity contribution in [2.75, 3.05) is 23.3 Å². The van der Waals surface area contributed by atoms with Crippen LogP contribution in [0.15, 0.2) is 30.3 Å². The number of hydrogen-bond acceptors (Lipinski definition) is 6. The van der Waals surface area contributed by atoms with Crippen LogP contribution in [0.3, 0.4) is 0 Å². The quantitative estimate of drug-likeness (QED) is 0.750. The number of nitrogens with one attached hydrogen (secondary N) is 2. The molecule has 1 aromatic carbocycles. The molecule has 0 bridgehead atoms. The van der Waals surface area contributed by atoms with Crippen molar-refractivity contribution in [1.82, 2.24) is 15.3 Å². The van der Waals surface area contributed by atoms with Gasteiger partial charge in [-0.1, -0.05) is 19.4 Å². The molecule has 1 fully saturated rings. The number of halogens is 1. The first-order valence-electron chi connectivity index (χ1n) is 9.74. The monoisotopic (exact) mass is 414 g/mol. The fourth-order valence-electron chi connectivity index (χ4n) is 3.47. The lowest BCUT2D eigenvalue weighted by Crippen LogP contribution is -2.47. The van der Waals surface area contributed by atoms with Crippen molar-refractivity contribution in [2.24, 2.45) is 0 Å². The smallest absolute Gasteiger partial charge is 0.229 e. The molecule has 2 aromatic rings. The number of aryl methyl sites for hydroxylation is 1. The zero-order valence-electron chi connectivity index (χ0n) is 16.8. The highest BCUT2D eigenvalue weighted by Crippen LogP contribution is 2.23. The summed E-state index contributed by atoms with van der Waals surface area (Å²) in [5.41, 5.74) is 2.35. The second-order valence-electron chi connectivity index (χ2n) is 7.09. The molecular weight excluding hydrogens is 388 g/mol. The van der Waals surface area contributed by atoms with E-state index in [4.69, 9.17) is 10.2 Å². The first kappa shape index (κ1) is 22.4. The fraction of sp³-hybridized carbons (Fsp3) is 0.429. The van der Waals surface area contributed by atoms with Crippen molar-refractivity contribution >= 4 is 35.8 Å². The summed E-state index contributed by atoms with van der Waals surface area (Å²) in [4.78, 5) is 23.0. The predicted molar refractivity (Wildman–Crippen MR) is 117 cm³/mol. The molecule has 0 spiro atoms. The zero-order chi connectivity index (χ0) is 19.9. The summed E-state index contributed by atoms with van der Waals surface area (Å²) in [7, 11) is 0. The molecule has 1 saturated heterocycles. The highest BCUT2D eigenvalue weighted by atomic mass is 35.5. The molecule has 2 N–H and O–H groups in total. The number of carbonyl (C=O) groups excluding carboxylic acids is 1. The van der Waals surface area contributed by atoms with Crippen molar-refractivity contribution < 1.29 is 4.79 Å². The first-order chi connectivity index (χ1) is 13.6. The third-order valence-electron chi connectivity index (χ3n) is 4.67. The van der Waals surface area contributed by atoms with E-state index in [1.54, 1.807) is 19.1 Å². The summed E-state index contributed by atoms with van der Waals surface area (Å²) in [6, 6.07) is 11.6. The molecule has 3 rings (SSSR count). The average molecular weight is 415 g/mol. The Morgan fingerprint density at radius 1 is 1.34 bits per heavy atom. The van der Waals surface area contributed by atoms with Gasteiger partial charge in [0.25, 0.3) is 0 Å². The molecule has 0 saturated carbocycles. The molecule has 7 nitrogen and oxygen atoms in total. The van der Waals surface area contributed by atoms with Crippen LogP contribution < -0.4 is 15.5 Å². The molecule has 0 radical (unpaired) electrons. The fourth-order valence-corrected chi connectivity index (χ4v) is 3.47. The first-order valence-corrected chi connectivity index (χ1v) is 9.74. The van der Waals surface area contributed by atoms with E-state index >= 15 is 0 Å². The lowest BCUT2D eigenvalue weighted by Gasteiger charge is -2.34. The van der Waals surface area contributed by atoms with Gasteiger partial charge in [-0.25, -0.2) is 4.98 Å². The van der Waals surface area contributed by atoms with Crippen LogP contribution in [-0.4, -0.2) is 35.0 Å². The van der Waals surface area contributed by atoms with Crippen molar-refractivity contribution in [3.63, 3.8) is 0 Å². The van der Waals surface area contributed by atoms with Gasteiger partial charge < -0.3 is 15.5 Å². The van der Waals surface area contributed by atoms with Crippen LogP contribution in [0, 0.1) is 11.3 Å². The van der Waals surface area contributed by atoms with Gasteiger partial charge in [0, 0.05) is 43.5 Å². The Kier molecular flexibility index (Phi) is 8.22. The maximum Gasteiger partial charge on any atom is 0.229 e. The summed E-state index contributed by atoms with van der Waals surface area (Å²) in [5, 5.41) is 15.3. The Bertz CT molecular complexity index is 882. The molecule has 8 heteroatoms. The Morgan fingerprint density at radius 3 is 2.90 bits per heavy atom. The summed E-state index contributed by atoms with van der Waals surface area (Å²) in [5.74, 6) is 1.39. The lowest BCUT2D eigenvalue weighted by molar-refractivity contribution is -0.119. The van der Waals surface area contributed by atoms with Gasteiger partial charge in [0.2, 0.25) is 11.9 Å². The van der Waals surface area contributed by atoms with Crippen molar-refractivity contribution in [2.45, 2.75) is 45.6 Å². The van der Waals surface area contributed by atoms with Crippen molar-refractivity contribution in [1.29, 1.82) is 5.26 Å². The van der Waals surface area contributed by atoms with E-state index in [2.05, 4.69) is 33.5 Å². The summed E-state index contributed by atoms with van der Waals surface area (Å²) in [6.07, 6.45) is 3.85. The number of hydrogen-bond donors (Lipinski definition) is 2. The maximum absolute atomic E-state index is 11.4. The molecule has 1 aliphatic rings. The third kappa shape index (κ3) is 6.33. The third-order valence-corrected chi connectivity index (χ3v) is 4.67. The molecule has 1 atom stereocenters. The number of piperidine rings is 1. The van der Waals surface area contributed by atoms with Gasteiger partial charge in [0.15, 0.2) is 0 Å². The molecule has 154 valence electrons. The van der Waals surface area contributed by atoms with Crippen LogP contribution in [0.25, 0.3) is 0 Å². The van der Waals surface area contributed by atoms with E-state index in [0.717, 1.165) is 56.0 Å². The molecule has 1 aromatic heterocycles.